The van der Waals surface area contributed by atoms with Gasteiger partial charge >= 0.3 is 11.9 Å². The van der Waals surface area contributed by atoms with Crippen molar-refractivity contribution in [3.63, 3.8) is 0 Å². The molecular weight excluding hydrogens is 841 g/mol. The summed E-state index contributed by atoms with van der Waals surface area (Å²) in [6, 6.07) is 26.7. The van der Waals surface area contributed by atoms with Crippen molar-refractivity contribution in [2.75, 3.05) is 17.3 Å². The second-order valence-corrected chi connectivity index (χ2v) is 15.8. The fourth-order valence-electron chi connectivity index (χ4n) is 5.58. The van der Waals surface area contributed by atoms with Crippen molar-refractivity contribution in [3.8, 4) is 0 Å². The van der Waals surface area contributed by atoms with Gasteiger partial charge in [0.15, 0.2) is 25.0 Å². The first-order chi connectivity index (χ1) is 25.1. The van der Waals surface area contributed by atoms with Crippen molar-refractivity contribution in [2.45, 2.75) is 33.9 Å². The number of carbonyl (C=O) groups excluding carboxylic acids is 3. The van der Waals surface area contributed by atoms with Crippen LogP contribution in [-0.4, -0.2) is 62.4 Å². The Morgan fingerprint density at radius 3 is 2.25 bits per heavy atom. The van der Waals surface area contributed by atoms with Crippen LogP contribution < -0.4 is 26.9 Å². The number of amides is 2. The number of thioether (sulfide) groups is 3. The Morgan fingerprint density at radius 1 is 0.981 bits per heavy atom. The number of hydrogen-bond donors (Lipinski definition) is 2. The number of aliphatic carboxylic acids is 1. The number of nitrogens with one attached hydrogen (secondary N) is 1. The first-order valence-corrected chi connectivity index (χ1v) is 19.7. The molecule has 0 aliphatic carbocycles. The summed E-state index contributed by atoms with van der Waals surface area (Å²) in [6.07, 6.45) is 2.80. The fourth-order valence-corrected chi connectivity index (χ4v) is 9.25. The zero-order valence-electron chi connectivity index (χ0n) is 27.8. The molecule has 3 aromatic carbocycles. The van der Waals surface area contributed by atoms with Gasteiger partial charge in [-0.1, -0.05) is 90.4 Å². The Balaban J connectivity index is 0.00000541. The van der Waals surface area contributed by atoms with Crippen LogP contribution in [0.3, 0.4) is 0 Å². The largest absolute Gasteiger partial charge is 1.00 e. The highest BCUT2D eigenvalue weighted by Gasteiger charge is 2.54. The van der Waals surface area contributed by atoms with Crippen molar-refractivity contribution in [2.24, 2.45) is 0 Å². The number of esters is 1. The van der Waals surface area contributed by atoms with Crippen LogP contribution in [0.15, 0.2) is 137 Å². The number of rotatable bonds is 14. The maximum atomic E-state index is 14.3. The summed E-state index contributed by atoms with van der Waals surface area (Å²) < 4.78 is 7.97. The first-order valence-electron chi connectivity index (χ1n) is 16.0. The molecule has 274 valence electrons. The minimum Gasteiger partial charge on any atom is -1.00 e. The Kier molecular flexibility index (Phi) is 14.2. The lowest BCUT2D eigenvalue weighted by molar-refractivity contribution is -0.688. The highest BCUT2D eigenvalue weighted by molar-refractivity contribution is 8.01. The molecule has 6 rings (SSSR count). The van der Waals surface area contributed by atoms with Crippen molar-refractivity contribution in [1.29, 1.82) is 0 Å². The summed E-state index contributed by atoms with van der Waals surface area (Å²) in [6.45, 7) is 3.73. The predicted octanol–water partition coefficient (Wildman–Crippen LogP) is 3.80. The number of carbonyl (C=O) groups is 4. The van der Waals surface area contributed by atoms with Gasteiger partial charge in [-0.25, -0.2) is 14.2 Å². The number of aromatic nitrogens is 1. The highest BCUT2D eigenvalue weighted by atomic mass is 79.9. The van der Waals surface area contributed by atoms with Gasteiger partial charge in [0.25, 0.3) is 5.91 Å². The normalized spacial score (nSPS) is 16.3. The standard InChI is InChI=1S/C38H31Cl2N3O6S3.BrH/c1-23(37(46)47)19-42-16-14-28(15-17-42)50-20-26-21-52-36-32(41-31(44)22-51-30-18-27(39)12-13-29(30)40)35(45)43(36)33(26)38(48)49-34(24-8-4-2-5-9-24)25-10-6-3-7-11-25;/h2-18,32,34,36H,1,19-22H2,(H-,41,44,46,47);1H/t32-,36+;/m0./s1. The summed E-state index contributed by atoms with van der Waals surface area (Å²) in [5.41, 5.74) is 2.51. The quantitative estimate of drug-likeness (QED) is 0.0643. The molecule has 0 bridgehead atoms. The average Bonchev–Trinajstić information content (AvgIpc) is 3.16. The minimum absolute atomic E-state index is 0. The number of benzene rings is 3. The van der Waals surface area contributed by atoms with Crippen LogP contribution in [0.4, 0.5) is 0 Å². The molecule has 15 heteroatoms. The molecule has 9 nitrogen and oxygen atoms in total. The zero-order chi connectivity index (χ0) is 36.8. The summed E-state index contributed by atoms with van der Waals surface area (Å²) in [5, 5.41) is 12.5. The van der Waals surface area contributed by atoms with Gasteiger partial charge in [0.2, 0.25) is 5.91 Å². The van der Waals surface area contributed by atoms with Gasteiger partial charge in [0.1, 0.15) is 17.1 Å². The predicted molar refractivity (Wildman–Crippen MR) is 204 cm³/mol. The molecule has 2 N–H and O–H groups in total. The Labute approximate surface area is 339 Å². The van der Waals surface area contributed by atoms with E-state index in [0.717, 1.165) is 21.6 Å². The molecule has 3 heterocycles. The second-order valence-electron chi connectivity index (χ2n) is 11.8. The van der Waals surface area contributed by atoms with E-state index in [1.807, 2.05) is 72.8 Å². The monoisotopic (exact) mass is 871 g/mol. The third-order valence-electron chi connectivity index (χ3n) is 8.19. The van der Waals surface area contributed by atoms with Gasteiger partial charge in [-0.2, -0.15) is 0 Å². The number of fused-ring (bicyclic) bond motifs is 1. The highest BCUT2D eigenvalue weighted by Crippen LogP contribution is 2.43. The summed E-state index contributed by atoms with van der Waals surface area (Å²) in [7, 11) is 0. The third kappa shape index (κ3) is 9.88. The number of nitrogens with zero attached hydrogens (tertiary/aromatic N) is 2. The van der Waals surface area contributed by atoms with Gasteiger partial charge < -0.3 is 32.1 Å². The molecule has 2 atom stereocenters. The summed E-state index contributed by atoms with van der Waals surface area (Å²) in [4.78, 5) is 55.3. The summed E-state index contributed by atoms with van der Waals surface area (Å²) >= 11 is 16.5. The Morgan fingerprint density at radius 2 is 1.62 bits per heavy atom. The van der Waals surface area contributed by atoms with Crippen LogP contribution >= 0.6 is 58.5 Å². The van der Waals surface area contributed by atoms with E-state index in [0.29, 0.717) is 26.4 Å². The molecule has 0 radical (unpaired) electrons. The maximum Gasteiger partial charge on any atom is 0.356 e. The molecule has 2 amide bonds. The van der Waals surface area contributed by atoms with Crippen molar-refractivity contribution in [1.82, 2.24) is 10.2 Å². The lowest BCUT2D eigenvalue weighted by Gasteiger charge is -2.49. The maximum absolute atomic E-state index is 14.3. The number of ether oxygens (including phenoxy) is 1. The van der Waals surface area contributed by atoms with Crippen LogP contribution in [-0.2, 0) is 30.5 Å². The molecule has 0 saturated carbocycles. The van der Waals surface area contributed by atoms with Crippen LogP contribution in [0.2, 0.25) is 10.0 Å². The number of hydrogen-bond acceptors (Lipinski definition) is 8. The fraction of sp³-hybridized carbons (Fsp3) is 0.184. The van der Waals surface area contributed by atoms with Gasteiger partial charge in [-0.3, -0.25) is 14.5 Å². The van der Waals surface area contributed by atoms with E-state index in [1.165, 1.54) is 40.2 Å². The lowest BCUT2D eigenvalue weighted by atomic mass is 10.0. The SMILES string of the molecule is C=C(C[n+]1ccc(SCC2=C(C(=O)OC(c3ccccc3)c3ccccc3)N3C(=O)[C@H](NC(=O)CSc4cc(Cl)ccc4Cl)[C@H]3SC2)cc1)C(=O)O.[Br-]. The molecule has 1 aromatic heterocycles. The van der Waals surface area contributed by atoms with Crippen molar-refractivity contribution >= 4 is 82.2 Å². The van der Waals surface area contributed by atoms with Gasteiger partial charge in [-0.05, 0) is 34.9 Å². The molecule has 53 heavy (non-hydrogen) atoms. The average molecular weight is 874 g/mol. The number of carboxylic acids is 1. The number of carboxylic acid groups (broad SMARTS) is 1. The van der Waals surface area contributed by atoms with Gasteiger partial charge in [-0.15, -0.1) is 35.3 Å². The molecule has 1 saturated heterocycles. The number of β-lactam (4-membered cyclic amide) rings is 1. The van der Waals surface area contributed by atoms with E-state index >= 15 is 0 Å². The Hall–Kier alpha value is -3.72. The molecule has 2 aliphatic heterocycles. The van der Waals surface area contributed by atoms with Crippen molar-refractivity contribution in [3.05, 3.63) is 148 Å². The zero-order valence-corrected chi connectivity index (χ0v) is 33.4. The molecule has 0 spiro atoms. The first kappa shape index (κ1) is 40.5. The van der Waals surface area contributed by atoms with Crippen LogP contribution in [0.25, 0.3) is 0 Å². The minimum atomic E-state index is -1.06. The molecule has 4 aromatic rings. The third-order valence-corrected chi connectivity index (χ3v) is 12.4. The molecule has 2 aliphatic rings. The van der Waals surface area contributed by atoms with E-state index in [9.17, 15) is 19.2 Å². The van der Waals surface area contributed by atoms with E-state index in [4.69, 9.17) is 33.0 Å². The van der Waals surface area contributed by atoms with E-state index in [1.54, 1.807) is 35.2 Å². The number of pyridine rings is 1. The molecule has 0 unspecified atom stereocenters. The van der Waals surface area contributed by atoms with Crippen LogP contribution in [0.5, 0.6) is 0 Å². The topological polar surface area (TPSA) is 117 Å². The molecular formula is C38H32BrCl2N3O6S3. The smallest absolute Gasteiger partial charge is 0.356 e. The van der Waals surface area contributed by atoms with E-state index < -0.39 is 35.4 Å². The van der Waals surface area contributed by atoms with Crippen LogP contribution in [0, 0.1) is 0 Å². The van der Waals surface area contributed by atoms with E-state index in [-0.39, 0.29) is 46.5 Å². The molecule has 1 fully saturated rings. The summed E-state index contributed by atoms with van der Waals surface area (Å²) in [5.74, 6) is -1.62. The lowest BCUT2D eigenvalue weighted by Crippen LogP contribution is -3.00. The van der Waals surface area contributed by atoms with Gasteiger partial charge in [0.05, 0.1) is 16.3 Å². The second kappa shape index (κ2) is 18.5. The van der Waals surface area contributed by atoms with Crippen molar-refractivity contribution < 1.29 is 50.6 Å². The number of halogens is 3. The van der Waals surface area contributed by atoms with Gasteiger partial charge in [0, 0.05) is 38.5 Å². The Bertz CT molecular complexity index is 2000. The van der Waals surface area contributed by atoms with Crippen LogP contribution in [0.1, 0.15) is 17.2 Å². The van der Waals surface area contributed by atoms with E-state index in [2.05, 4.69) is 11.9 Å².